The van der Waals surface area contributed by atoms with Crippen molar-refractivity contribution < 1.29 is 19.5 Å². The average molecular weight is 396 g/mol. The summed E-state index contributed by atoms with van der Waals surface area (Å²) in [6, 6.07) is -1.29. The van der Waals surface area contributed by atoms with Crippen LogP contribution in [0.3, 0.4) is 0 Å². The zero-order valence-electron chi connectivity index (χ0n) is 15.6. The second-order valence-electron chi connectivity index (χ2n) is 9.10. The number of nitrogens with two attached hydrogens (primary N) is 1. The maximum Gasteiger partial charge on any atom is 0.327 e. The molecule has 150 valence electrons. The summed E-state index contributed by atoms with van der Waals surface area (Å²) in [6.07, 6.45) is 9.38. The van der Waals surface area contributed by atoms with Gasteiger partial charge >= 0.3 is 5.97 Å². The van der Waals surface area contributed by atoms with Crippen LogP contribution in [0.25, 0.3) is 0 Å². The van der Waals surface area contributed by atoms with Gasteiger partial charge < -0.3 is 21.1 Å². The van der Waals surface area contributed by atoms with Crippen molar-refractivity contribution >= 4 is 29.5 Å². The summed E-state index contributed by atoms with van der Waals surface area (Å²) < 4.78 is 0. The van der Waals surface area contributed by atoms with Crippen LogP contribution in [-0.2, 0) is 14.4 Å². The molecule has 6 fully saturated rings. The fraction of sp³-hybridized carbons (Fsp3) is 0.842. The van der Waals surface area contributed by atoms with Gasteiger partial charge in [-0.2, -0.15) is 0 Å². The molecule has 8 heteroatoms. The maximum atomic E-state index is 11.9. The van der Waals surface area contributed by atoms with Gasteiger partial charge in [-0.05, 0) is 62.7 Å². The number of amides is 2. The molecule has 27 heavy (non-hydrogen) atoms. The van der Waals surface area contributed by atoms with Crippen LogP contribution in [0.1, 0.15) is 51.4 Å². The Hall–Kier alpha value is -1.28. The highest BCUT2D eigenvalue weighted by Crippen LogP contribution is 2.54. The van der Waals surface area contributed by atoms with E-state index in [1.165, 1.54) is 55.2 Å². The van der Waals surface area contributed by atoms with Gasteiger partial charge in [0.05, 0.1) is 5.88 Å². The number of carbonyl (C=O) groups is 3. The number of hydrogen-bond donors (Lipinski definition) is 3. The Morgan fingerprint density at radius 1 is 1.15 bits per heavy atom. The van der Waals surface area contributed by atoms with Gasteiger partial charge in [0.1, 0.15) is 12.1 Å². The summed E-state index contributed by atoms with van der Waals surface area (Å²) in [6.45, 7) is 0. The van der Waals surface area contributed by atoms with Crippen molar-refractivity contribution in [3.63, 3.8) is 0 Å². The molecule has 4 bridgehead atoms. The van der Waals surface area contributed by atoms with Crippen LogP contribution in [-0.4, -0.2) is 57.0 Å². The Kier molecular flexibility index (Phi) is 5.14. The van der Waals surface area contributed by atoms with E-state index in [2.05, 4.69) is 5.32 Å². The first kappa shape index (κ1) is 19.1. The van der Waals surface area contributed by atoms with Crippen LogP contribution in [0, 0.1) is 17.8 Å². The fourth-order valence-corrected chi connectivity index (χ4v) is 7.20. The lowest BCUT2D eigenvalue weighted by Gasteiger charge is -2.55. The topological polar surface area (TPSA) is 113 Å². The third-order valence-corrected chi connectivity index (χ3v) is 7.84. The molecule has 0 aromatic heterocycles. The minimum absolute atomic E-state index is 0.142. The average Bonchev–Trinajstić information content (AvgIpc) is 3.21. The number of carbonyl (C=O) groups excluding carboxylic acids is 2. The van der Waals surface area contributed by atoms with E-state index in [0.717, 1.165) is 17.8 Å². The second-order valence-corrected chi connectivity index (χ2v) is 10.1. The molecular formula is C19H29N3O4S. The summed E-state index contributed by atoms with van der Waals surface area (Å²) in [5.41, 5.74) is 6.62. The molecule has 2 heterocycles. The SMILES string of the molecule is NC12CC3CC(CC(C3)C1)C2.O=C1CC[C@@H](C(=O)N2CSC[C@H]2C(=O)O)N1. The molecular weight excluding hydrogens is 366 g/mol. The number of aliphatic carboxylic acids is 1. The van der Waals surface area contributed by atoms with Crippen molar-refractivity contribution in [1.82, 2.24) is 10.2 Å². The number of carboxylic acids is 1. The van der Waals surface area contributed by atoms with Crippen LogP contribution >= 0.6 is 11.8 Å². The predicted octanol–water partition coefficient (Wildman–Crippen LogP) is 1.17. The Morgan fingerprint density at radius 3 is 2.19 bits per heavy atom. The summed E-state index contributed by atoms with van der Waals surface area (Å²) in [7, 11) is 0. The summed E-state index contributed by atoms with van der Waals surface area (Å²) in [5, 5.41) is 11.5. The number of carboxylic acid groups (broad SMARTS) is 1. The molecule has 6 rings (SSSR count). The first-order valence-corrected chi connectivity index (χ1v) is 11.2. The summed E-state index contributed by atoms with van der Waals surface area (Å²) in [4.78, 5) is 35.2. The molecule has 4 saturated carbocycles. The van der Waals surface area contributed by atoms with Gasteiger partial charge in [-0.15, -0.1) is 11.8 Å². The van der Waals surface area contributed by atoms with Crippen molar-refractivity contribution in [2.24, 2.45) is 23.5 Å². The molecule has 0 radical (unpaired) electrons. The number of thioether (sulfide) groups is 1. The largest absolute Gasteiger partial charge is 0.480 e. The van der Waals surface area contributed by atoms with Crippen LogP contribution in [0.15, 0.2) is 0 Å². The van der Waals surface area contributed by atoms with Crippen molar-refractivity contribution in [2.45, 2.75) is 69.0 Å². The molecule has 4 aliphatic carbocycles. The Labute approximate surface area is 163 Å². The molecule has 2 aliphatic heterocycles. The molecule has 6 aliphatic rings. The Bertz CT molecular complexity index is 605. The van der Waals surface area contributed by atoms with Gasteiger partial charge in [0.2, 0.25) is 11.8 Å². The van der Waals surface area contributed by atoms with E-state index in [0.29, 0.717) is 30.0 Å². The van der Waals surface area contributed by atoms with Crippen LogP contribution < -0.4 is 11.1 Å². The zero-order chi connectivity index (χ0) is 19.2. The second kappa shape index (κ2) is 7.28. The van der Waals surface area contributed by atoms with Crippen molar-refractivity contribution in [3.05, 3.63) is 0 Å². The molecule has 0 spiro atoms. The Balaban J connectivity index is 0.000000141. The monoisotopic (exact) mass is 395 g/mol. The van der Waals surface area contributed by atoms with Gasteiger partial charge in [0.25, 0.3) is 0 Å². The maximum absolute atomic E-state index is 11.9. The smallest absolute Gasteiger partial charge is 0.327 e. The van der Waals surface area contributed by atoms with Gasteiger partial charge in [-0.3, -0.25) is 9.59 Å². The fourth-order valence-electron chi connectivity index (χ4n) is 6.04. The van der Waals surface area contributed by atoms with Gasteiger partial charge in [-0.1, -0.05) is 0 Å². The van der Waals surface area contributed by atoms with Crippen LogP contribution in [0.5, 0.6) is 0 Å². The highest BCUT2D eigenvalue weighted by atomic mass is 32.2. The van der Waals surface area contributed by atoms with Gasteiger partial charge in [0, 0.05) is 17.7 Å². The van der Waals surface area contributed by atoms with Crippen LogP contribution in [0.2, 0.25) is 0 Å². The highest BCUT2D eigenvalue weighted by molar-refractivity contribution is 7.99. The van der Waals surface area contributed by atoms with E-state index in [1.54, 1.807) is 0 Å². The quantitative estimate of drug-likeness (QED) is 0.647. The van der Waals surface area contributed by atoms with E-state index < -0.39 is 18.1 Å². The van der Waals surface area contributed by atoms with Crippen molar-refractivity contribution in [1.29, 1.82) is 0 Å². The standard InChI is InChI=1S/C10H17N.C9H12N2O4S/c11-10-4-7-1-8(5-10)3-9(2-7)6-10;12-7-2-1-5(10-7)8(13)11-4-16-3-6(11)9(14)15/h7-9H,1-6,11H2;5-6H,1-4H2,(H,10,12)(H,14,15)/t;5-,6-/m.0/s1. The minimum Gasteiger partial charge on any atom is -0.480 e. The molecule has 0 unspecified atom stereocenters. The molecule has 2 saturated heterocycles. The lowest BCUT2D eigenvalue weighted by Crippen LogP contribution is -2.55. The van der Waals surface area contributed by atoms with Gasteiger partial charge in [-0.25, -0.2) is 4.79 Å². The van der Waals surface area contributed by atoms with Crippen molar-refractivity contribution in [3.8, 4) is 0 Å². The predicted molar refractivity (Wildman–Crippen MR) is 102 cm³/mol. The summed E-state index contributed by atoms with van der Waals surface area (Å²) >= 11 is 1.42. The molecule has 7 nitrogen and oxygen atoms in total. The zero-order valence-corrected chi connectivity index (χ0v) is 16.4. The van der Waals surface area contributed by atoms with E-state index in [4.69, 9.17) is 10.8 Å². The van der Waals surface area contributed by atoms with Crippen LogP contribution in [0.4, 0.5) is 0 Å². The number of nitrogens with zero attached hydrogens (tertiary/aromatic N) is 1. The van der Waals surface area contributed by atoms with E-state index in [9.17, 15) is 14.4 Å². The summed E-state index contributed by atoms with van der Waals surface area (Å²) in [5.74, 6) is 2.47. The minimum atomic E-state index is -0.984. The van der Waals surface area contributed by atoms with Gasteiger partial charge in [0.15, 0.2) is 0 Å². The molecule has 0 aromatic rings. The van der Waals surface area contributed by atoms with E-state index >= 15 is 0 Å². The lowest BCUT2D eigenvalue weighted by atomic mass is 9.53. The molecule has 0 aromatic carbocycles. The van der Waals surface area contributed by atoms with E-state index in [-0.39, 0.29) is 11.8 Å². The number of nitrogens with one attached hydrogen (secondary N) is 1. The molecule has 4 N–H and O–H groups in total. The number of hydrogen-bond acceptors (Lipinski definition) is 5. The third kappa shape index (κ3) is 3.97. The molecule has 2 amide bonds. The van der Waals surface area contributed by atoms with E-state index in [1.807, 2.05) is 0 Å². The normalized spacial score (nSPS) is 41.9. The third-order valence-electron chi connectivity index (χ3n) is 6.83. The number of rotatable bonds is 2. The lowest BCUT2D eigenvalue weighted by molar-refractivity contribution is -0.148. The molecule has 2 atom stereocenters. The highest BCUT2D eigenvalue weighted by Gasteiger charge is 2.48. The van der Waals surface area contributed by atoms with Crippen molar-refractivity contribution in [2.75, 3.05) is 11.6 Å². The first-order valence-electron chi connectivity index (χ1n) is 10.0. The first-order chi connectivity index (χ1) is 12.8. The Morgan fingerprint density at radius 2 is 1.74 bits per heavy atom.